The van der Waals surface area contributed by atoms with Crippen LogP contribution in [0.1, 0.15) is 12.5 Å². The zero-order chi connectivity index (χ0) is 10.9. The normalized spacial score (nSPS) is 14.8. The Morgan fingerprint density at radius 1 is 1.57 bits per heavy atom. The molecule has 0 saturated carbocycles. The van der Waals surface area contributed by atoms with Crippen LogP contribution < -0.4 is 5.73 Å². The number of rotatable bonds is 2. The molecule has 5 heteroatoms. The first kappa shape index (κ1) is 10.8. The van der Waals surface area contributed by atoms with Gasteiger partial charge in [0, 0.05) is 5.56 Å². The van der Waals surface area contributed by atoms with Crippen molar-refractivity contribution in [2.45, 2.75) is 12.5 Å². The van der Waals surface area contributed by atoms with Crippen LogP contribution in [0.25, 0.3) is 0 Å². The van der Waals surface area contributed by atoms with Crippen molar-refractivity contribution in [2.75, 3.05) is 0 Å². The fourth-order valence-corrected chi connectivity index (χ4v) is 1.36. The zero-order valence-corrected chi connectivity index (χ0v) is 8.25. The van der Waals surface area contributed by atoms with Crippen molar-refractivity contribution in [3.63, 3.8) is 0 Å². The molecule has 0 fully saturated rings. The van der Waals surface area contributed by atoms with Crippen LogP contribution in [-0.4, -0.2) is 16.2 Å². The summed E-state index contributed by atoms with van der Waals surface area (Å²) >= 11 is 5.73. The largest absolute Gasteiger partial charge is 0.506 e. The molecule has 76 valence electrons. The summed E-state index contributed by atoms with van der Waals surface area (Å²) < 4.78 is 0. The Bertz CT molecular complexity index is 376. The van der Waals surface area contributed by atoms with Gasteiger partial charge in [0.25, 0.3) is 0 Å². The van der Waals surface area contributed by atoms with Crippen molar-refractivity contribution in [3.8, 4) is 5.75 Å². The standard InChI is InChI=1S/C9H10ClNO3/c1-9(11,8(13)14)5-3-2-4-6(12)7(5)10/h2-4,12H,11H2,1H3,(H,13,14). The van der Waals surface area contributed by atoms with Crippen molar-refractivity contribution >= 4 is 17.6 Å². The number of nitrogens with two attached hydrogens (primary N) is 1. The molecule has 1 rings (SSSR count). The molecule has 1 aromatic rings. The average molecular weight is 216 g/mol. The number of carboxylic acids is 1. The Kier molecular flexibility index (Phi) is 2.69. The van der Waals surface area contributed by atoms with Gasteiger partial charge in [-0.15, -0.1) is 0 Å². The number of benzene rings is 1. The number of hydrogen-bond acceptors (Lipinski definition) is 3. The fraction of sp³-hybridized carbons (Fsp3) is 0.222. The summed E-state index contributed by atoms with van der Waals surface area (Å²) in [6, 6.07) is 4.32. The molecule has 1 aromatic carbocycles. The molecule has 0 aliphatic heterocycles. The van der Waals surface area contributed by atoms with Crippen LogP contribution in [-0.2, 0) is 10.3 Å². The van der Waals surface area contributed by atoms with Gasteiger partial charge < -0.3 is 15.9 Å². The summed E-state index contributed by atoms with van der Waals surface area (Å²) in [5.74, 6) is -1.38. The maximum Gasteiger partial charge on any atom is 0.328 e. The highest BCUT2D eigenvalue weighted by Gasteiger charge is 2.32. The molecule has 0 aliphatic rings. The minimum Gasteiger partial charge on any atom is -0.506 e. The average Bonchev–Trinajstić information content (AvgIpc) is 2.09. The van der Waals surface area contributed by atoms with Gasteiger partial charge in [0.15, 0.2) is 0 Å². The van der Waals surface area contributed by atoms with Gasteiger partial charge in [-0.05, 0) is 13.0 Å². The molecule has 1 atom stereocenters. The van der Waals surface area contributed by atoms with Gasteiger partial charge in [-0.25, -0.2) is 4.79 Å². The predicted octanol–water partition coefficient (Wildman–Crippen LogP) is 1.30. The highest BCUT2D eigenvalue weighted by molar-refractivity contribution is 6.33. The molecular formula is C9H10ClNO3. The Hall–Kier alpha value is -1.26. The quantitative estimate of drug-likeness (QED) is 0.695. The maximum atomic E-state index is 10.8. The molecule has 4 N–H and O–H groups in total. The van der Waals surface area contributed by atoms with Gasteiger partial charge in [0.05, 0.1) is 5.02 Å². The predicted molar refractivity (Wildman–Crippen MR) is 52.3 cm³/mol. The SMILES string of the molecule is CC(N)(C(=O)O)c1cccc(O)c1Cl. The van der Waals surface area contributed by atoms with E-state index in [1.165, 1.54) is 25.1 Å². The van der Waals surface area contributed by atoms with E-state index >= 15 is 0 Å². The number of phenolic OH excluding ortho intramolecular Hbond substituents is 1. The monoisotopic (exact) mass is 215 g/mol. The molecule has 0 bridgehead atoms. The molecule has 1 unspecified atom stereocenters. The van der Waals surface area contributed by atoms with Crippen molar-refractivity contribution in [1.29, 1.82) is 0 Å². The van der Waals surface area contributed by atoms with Crippen LogP contribution in [0.3, 0.4) is 0 Å². The lowest BCUT2D eigenvalue weighted by molar-refractivity contribution is -0.143. The van der Waals surface area contributed by atoms with Gasteiger partial charge >= 0.3 is 5.97 Å². The number of halogens is 1. The Morgan fingerprint density at radius 3 is 2.64 bits per heavy atom. The van der Waals surface area contributed by atoms with Crippen molar-refractivity contribution < 1.29 is 15.0 Å². The summed E-state index contributed by atoms with van der Waals surface area (Å²) in [6.45, 7) is 1.32. The number of phenols is 1. The number of hydrogen-bond donors (Lipinski definition) is 3. The molecule has 0 aromatic heterocycles. The molecule has 14 heavy (non-hydrogen) atoms. The summed E-state index contributed by atoms with van der Waals surface area (Å²) in [5, 5.41) is 18.1. The smallest absolute Gasteiger partial charge is 0.328 e. The second-order valence-corrected chi connectivity index (χ2v) is 3.52. The van der Waals surface area contributed by atoms with E-state index in [-0.39, 0.29) is 16.3 Å². The third kappa shape index (κ3) is 1.66. The van der Waals surface area contributed by atoms with E-state index in [0.29, 0.717) is 0 Å². The molecule has 0 spiro atoms. The molecule has 0 amide bonds. The summed E-state index contributed by atoms with van der Waals surface area (Å²) in [5.41, 5.74) is 4.14. The molecule has 0 heterocycles. The molecule has 4 nitrogen and oxygen atoms in total. The third-order valence-corrected chi connectivity index (χ3v) is 2.38. The van der Waals surface area contributed by atoms with Gasteiger partial charge in [0.2, 0.25) is 0 Å². The second-order valence-electron chi connectivity index (χ2n) is 3.15. The summed E-state index contributed by atoms with van der Waals surface area (Å²) in [4.78, 5) is 10.8. The van der Waals surface area contributed by atoms with Crippen LogP contribution in [0.15, 0.2) is 18.2 Å². The lowest BCUT2D eigenvalue weighted by Gasteiger charge is -2.21. The van der Waals surface area contributed by atoms with Crippen LogP contribution in [0.4, 0.5) is 0 Å². The van der Waals surface area contributed by atoms with Gasteiger partial charge in [0.1, 0.15) is 11.3 Å². The Labute approximate surface area is 85.9 Å². The van der Waals surface area contributed by atoms with E-state index in [4.69, 9.17) is 22.4 Å². The van der Waals surface area contributed by atoms with E-state index in [9.17, 15) is 9.90 Å². The van der Waals surface area contributed by atoms with Gasteiger partial charge in [-0.1, -0.05) is 23.7 Å². The van der Waals surface area contributed by atoms with Crippen LogP contribution in [0.5, 0.6) is 5.75 Å². The minimum atomic E-state index is -1.60. The topological polar surface area (TPSA) is 83.6 Å². The van der Waals surface area contributed by atoms with Crippen molar-refractivity contribution in [2.24, 2.45) is 5.73 Å². The summed E-state index contributed by atoms with van der Waals surface area (Å²) in [6.07, 6.45) is 0. The van der Waals surface area contributed by atoms with E-state index in [2.05, 4.69) is 0 Å². The number of carbonyl (C=O) groups is 1. The van der Waals surface area contributed by atoms with Crippen LogP contribution >= 0.6 is 11.6 Å². The van der Waals surface area contributed by atoms with Crippen LogP contribution in [0, 0.1) is 0 Å². The number of aromatic hydroxyl groups is 1. The molecule has 0 aliphatic carbocycles. The Balaban J connectivity index is 3.33. The molecule has 0 saturated heterocycles. The van der Waals surface area contributed by atoms with Crippen molar-refractivity contribution in [3.05, 3.63) is 28.8 Å². The number of carboxylic acid groups (broad SMARTS) is 1. The molecular weight excluding hydrogens is 206 g/mol. The Morgan fingerprint density at radius 2 is 2.14 bits per heavy atom. The lowest BCUT2D eigenvalue weighted by Crippen LogP contribution is -2.41. The van der Waals surface area contributed by atoms with Gasteiger partial charge in [-0.3, -0.25) is 0 Å². The van der Waals surface area contributed by atoms with Gasteiger partial charge in [-0.2, -0.15) is 0 Å². The van der Waals surface area contributed by atoms with Crippen molar-refractivity contribution in [1.82, 2.24) is 0 Å². The van der Waals surface area contributed by atoms with E-state index in [1.54, 1.807) is 0 Å². The molecule has 0 radical (unpaired) electrons. The van der Waals surface area contributed by atoms with E-state index in [1.807, 2.05) is 0 Å². The number of aliphatic carboxylic acids is 1. The maximum absolute atomic E-state index is 10.8. The van der Waals surface area contributed by atoms with Crippen LogP contribution in [0.2, 0.25) is 5.02 Å². The first-order valence-corrected chi connectivity index (χ1v) is 4.25. The lowest BCUT2D eigenvalue weighted by atomic mass is 9.93. The van der Waals surface area contributed by atoms with E-state index in [0.717, 1.165) is 0 Å². The first-order chi connectivity index (χ1) is 6.37. The third-order valence-electron chi connectivity index (χ3n) is 1.98. The highest BCUT2D eigenvalue weighted by atomic mass is 35.5. The fourth-order valence-electron chi connectivity index (χ4n) is 1.04. The van der Waals surface area contributed by atoms with E-state index < -0.39 is 11.5 Å². The minimum absolute atomic E-state index is 0.0279. The second kappa shape index (κ2) is 3.48. The summed E-state index contributed by atoms with van der Waals surface area (Å²) in [7, 11) is 0. The first-order valence-electron chi connectivity index (χ1n) is 3.87. The zero-order valence-electron chi connectivity index (χ0n) is 7.49. The highest BCUT2D eigenvalue weighted by Crippen LogP contribution is 2.32.